The van der Waals surface area contributed by atoms with Crippen molar-refractivity contribution < 1.29 is 4.74 Å². The minimum Gasteiger partial charge on any atom is -0.383 e. The summed E-state index contributed by atoms with van der Waals surface area (Å²) >= 11 is 5.41. The number of likely N-dealkylation sites (N-methyl/N-ethyl adjacent to an activating group) is 1. The van der Waals surface area contributed by atoms with Gasteiger partial charge in [0, 0.05) is 20.2 Å². The molecule has 1 N–H and O–H groups in total. The van der Waals surface area contributed by atoms with E-state index in [0.717, 1.165) is 5.11 Å². The Morgan fingerprint density at radius 1 is 1.44 bits per heavy atom. The molecule has 3 nitrogen and oxygen atoms in total. The Hall–Kier alpha value is -0.350. The van der Waals surface area contributed by atoms with Crippen LogP contribution in [0.3, 0.4) is 0 Å². The zero-order valence-corrected chi connectivity index (χ0v) is 11.5. The molecule has 1 aliphatic rings. The first-order valence-corrected chi connectivity index (χ1v) is 6.58. The van der Waals surface area contributed by atoms with Crippen molar-refractivity contribution in [3.63, 3.8) is 0 Å². The van der Waals surface area contributed by atoms with Crippen molar-refractivity contribution in [2.45, 2.75) is 51.1 Å². The van der Waals surface area contributed by atoms with Crippen LogP contribution in [0.4, 0.5) is 0 Å². The maximum absolute atomic E-state index is 5.41. The SMILES string of the molecule is COCC(C)N(C)C(=S)NC1CCCCC1. The second kappa shape index (κ2) is 7.07. The van der Waals surface area contributed by atoms with Crippen LogP contribution in [0.25, 0.3) is 0 Å². The summed E-state index contributed by atoms with van der Waals surface area (Å²) in [6, 6.07) is 0.909. The summed E-state index contributed by atoms with van der Waals surface area (Å²) in [5.74, 6) is 0. The number of hydrogen-bond donors (Lipinski definition) is 1. The van der Waals surface area contributed by atoms with E-state index in [4.69, 9.17) is 17.0 Å². The molecule has 0 spiro atoms. The summed E-state index contributed by atoms with van der Waals surface area (Å²) < 4.78 is 5.14. The van der Waals surface area contributed by atoms with Gasteiger partial charge in [0.05, 0.1) is 12.6 Å². The van der Waals surface area contributed by atoms with Crippen LogP contribution >= 0.6 is 12.2 Å². The van der Waals surface area contributed by atoms with Crippen molar-refractivity contribution >= 4 is 17.3 Å². The van der Waals surface area contributed by atoms with Crippen LogP contribution in [0, 0.1) is 0 Å². The Labute approximate surface area is 105 Å². The largest absolute Gasteiger partial charge is 0.383 e. The molecule has 0 bridgehead atoms. The van der Waals surface area contributed by atoms with Crippen LogP contribution in [-0.4, -0.2) is 42.9 Å². The molecule has 0 aromatic rings. The van der Waals surface area contributed by atoms with Crippen molar-refractivity contribution in [2.24, 2.45) is 0 Å². The molecule has 1 rings (SSSR count). The highest BCUT2D eigenvalue weighted by Crippen LogP contribution is 2.17. The van der Waals surface area contributed by atoms with Crippen LogP contribution < -0.4 is 5.32 Å². The van der Waals surface area contributed by atoms with Gasteiger partial charge >= 0.3 is 0 Å². The fourth-order valence-electron chi connectivity index (χ4n) is 2.08. The average molecular weight is 244 g/mol. The van der Waals surface area contributed by atoms with Crippen molar-refractivity contribution in [1.29, 1.82) is 0 Å². The molecule has 0 aromatic carbocycles. The van der Waals surface area contributed by atoms with Gasteiger partial charge in [-0.2, -0.15) is 0 Å². The lowest BCUT2D eigenvalue weighted by Crippen LogP contribution is -2.47. The topological polar surface area (TPSA) is 24.5 Å². The molecule has 94 valence electrons. The van der Waals surface area contributed by atoms with E-state index in [2.05, 4.69) is 17.1 Å². The minimum absolute atomic E-state index is 0.327. The van der Waals surface area contributed by atoms with Gasteiger partial charge in [0.1, 0.15) is 0 Å². The molecule has 0 aromatic heterocycles. The van der Waals surface area contributed by atoms with Crippen LogP contribution in [0.1, 0.15) is 39.0 Å². The van der Waals surface area contributed by atoms with E-state index < -0.39 is 0 Å². The highest BCUT2D eigenvalue weighted by atomic mass is 32.1. The Morgan fingerprint density at radius 2 is 2.06 bits per heavy atom. The lowest BCUT2D eigenvalue weighted by molar-refractivity contribution is 0.144. The molecule has 0 amide bonds. The first-order valence-electron chi connectivity index (χ1n) is 6.17. The summed E-state index contributed by atoms with van der Waals surface area (Å²) in [6.07, 6.45) is 6.55. The second-order valence-corrected chi connectivity index (χ2v) is 5.09. The van der Waals surface area contributed by atoms with Gasteiger partial charge < -0.3 is 15.0 Å². The minimum atomic E-state index is 0.327. The number of methoxy groups -OCH3 is 1. The van der Waals surface area contributed by atoms with E-state index in [0.29, 0.717) is 18.7 Å². The zero-order chi connectivity index (χ0) is 12.0. The van der Waals surface area contributed by atoms with Gasteiger partial charge in [0.2, 0.25) is 0 Å². The maximum atomic E-state index is 5.41. The van der Waals surface area contributed by atoms with Gasteiger partial charge in [-0.1, -0.05) is 19.3 Å². The lowest BCUT2D eigenvalue weighted by atomic mass is 9.96. The quantitative estimate of drug-likeness (QED) is 0.766. The molecule has 1 atom stereocenters. The van der Waals surface area contributed by atoms with E-state index >= 15 is 0 Å². The van der Waals surface area contributed by atoms with Gasteiger partial charge in [0.25, 0.3) is 0 Å². The average Bonchev–Trinajstić information content (AvgIpc) is 2.29. The van der Waals surface area contributed by atoms with Crippen LogP contribution in [0.2, 0.25) is 0 Å². The number of ether oxygens (including phenoxy) is 1. The van der Waals surface area contributed by atoms with Crippen molar-refractivity contribution in [3.05, 3.63) is 0 Å². The number of nitrogens with zero attached hydrogens (tertiary/aromatic N) is 1. The van der Waals surface area contributed by atoms with Crippen molar-refractivity contribution in [3.8, 4) is 0 Å². The monoisotopic (exact) mass is 244 g/mol. The highest BCUT2D eigenvalue weighted by Gasteiger charge is 2.17. The van der Waals surface area contributed by atoms with E-state index in [9.17, 15) is 0 Å². The molecule has 0 heterocycles. The molecule has 0 aliphatic heterocycles. The number of thiocarbonyl (C=S) groups is 1. The molecular formula is C12H24N2OS. The Balaban J connectivity index is 2.32. The van der Waals surface area contributed by atoms with E-state index in [-0.39, 0.29) is 0 Å². The fourth-order valence-corrected chi connectivity index (χ4v) is 2.42. The maximum Gasteiger partial charge on any atom is 0.169 e. The molecule has 4 heteroatoms. The van der Waals surface area contributed by atoms with Gasteiger partial charge in [-0.3, -0.25) is 0 Å². The molecule has 1 fully saturated rings. The molecule has 0 radical (unpaired) electrons. The molecule has 1 unspecified atom stereocenters. The third-order valence-electron chi connectivity index (χ3n) is 3.32. The predicted molar refractivity (Wildman–Crippen MR) is 71.7 cm³/mol. The molecular weight excluding hydrogens is 220 g/mol. The summed E-state index contributed by atoms with van der Waals surface area (Å²) in [6.45, 7) is 2.83. The van der Waals surface area contributed by atoms with Gasteiger partial charge in [0.15, 0.2) is 5.11 Å². The molecule has 1 saturated carbocycles. The lowest BCUT2D eigenvalue weighted by Gasteiger charge is -2.31. The smallest absolute Gasteiger partial charge is 0.169 e. The normalized spacial score (nSPS) is 19.2. The van der Waals surface area contributed by atoms with E-state index in [1.54, 1.807) is 7.11 Å². The fraction of sp³-hybridized carbons (Fsp3) is 0.917. The Kier molecular flexibility index (Phi) is 6.06. The summed E-state index contributed by atoms with van der Waals surface area (Å²) in [4.78, 5) is 2.09. The van der Waals surface area contributed by atoms with E-state index in [1.165, 1.54) is 32.1 Å². The van der Waals surface area contributed by atoms with Crippen LogP contribution in [-0.2, 0) is 4.74 Å². The predicted octanol–water partition coefficient (Wildman–Crippen LogP) is 2.16. The zero-order valence-electron chi connectivity index (χ0n) is 10.7. The standard InChI is InChI=1S/C12H24N2OS/c1-10(9-15-3)14(2)12(16)13-11-7-5-4-6-8-11/h10-11H,4-9H2,1-3H3,(H,13,16). The summed E-state index contributed by atoms with van der Waals surface area (Å²) in [5, 5.41) is 4.32. The van der Waals surface area contributed by atoms with E-state index in [1.807, 2.05) is 7.05 Å². The summed E-state index contributed by atoms with van der Waals surface area (Å²) in [7, 11) is 3.75. The van der Waals surface area contributed by atoms with Crippen molar-refractivity contribution in [2.75, 3.05) is 20.8 Å². The third kappa shape index (κ3) is 4.26. The molecule has 0 saturated heterocycles. The van der Waals surface area contributed by atoms with Gasteiger partial charge in [-0.05, 0) is 32.0 Å². The molecule has 16 heavy (non-hydrogen) atoms. The first kappa shape index (κ1) is 13.7. The van der Waals surface area contributed by atoms with Crippen molar-refractivity contribution in [1.82, 2.24) is 10.2 Å². The second-order valence-electron chi connectivity index (χ2n) is 4.70. The van der Waals surface area contributed by atoms with Gasteiger partial charge in [-0.15, -0.1) is 0 Å². The van der Waals surface area contributed by atoms with Crippen LogP contribution in [0.5, 0.6) is 0 Å². The Bertz CT molecular complexity index is 217. The van der Waals surface area contributed by atoms with Crippen LogP contribution in [0.15, 0.2) is 0 Å². The number of nitrogens with one attached hydrogen (secondary N) is 1. The highest BCUT2D eigenvalue weighted by molar-refractivity contribution is 7.80. The summed E-state index contributed by atoms with van der Waals surface area (Å²) in [5.41, 5.74) is 0. The Morgan fingerprint density at radius 3 is 2.62 bits per heavy atom. The molecule has 1 aliphatic carbocycles. The third-order valence-corrected chi connectivity index (χ3v) is 3.73. The number of rotatable bonds is 4. The number of hydrogen-bond acceptors (Lipinski definition) is 2. The first-order chi connectivity index (χ1) is 7.65. The van der Waals surface area contributed by atoms with Gasteiger partial charge in [-0.25, -0.2) is 0 Å².